The average molecular weight is 233 g/mol. The molecule has 0 spiro atoms. The van der Waals surface area contributed by atoms with Gasteiger partial charge in [-0.3, -0.25) is 0 Å². The zero-order chi connectivity index (χ0) is 12.7. The minimum atomic E-state index is 0.256. The van der Waals surface area contributed by atoms with Crippen LogP contribution in [0, 0.1) is 32.9 Å². The van der Waals surface area contributed by atoms with Crippen molar-refractivity contribution in [2.75, 3.05) is 0 Å². The largest absolute Gasteiger partial charge is 0.616 e. The van der Waals surface area contributed by atoms with E-state index in [0.29, 0.717) is 17.0 Å². The van der Waals surface area contributed by atoms with Gasteiger partial charge in [-0.25, -0.2) is 0 Å². The predicted molar refractivity (Wildman–Crippen MR) is 63.7 cm³/mol. The van der Waals surface area contributed by atoms with E-state index in [1.165, 1.54) is 0 Å². The van der Waals surface area contributed by atoms with Crippen molar-refractivity contribution in [3.63, 3.8) is 0 Å². The minimum absolute atomic E-state index is 0.256. The molecule has 0 unspecified atom stereocenters. The van der Waals surface area contributed by atoms with Gasteiger partial charge in [0.1, 0.15) is 5.75 Å². The molecule has 4 nitrogen and oxygen atoms in total. The van der Waals surface area contributed by atoms with E-state index in [2.05, 4.69) is 0 Å². The third kappa shape index (κ3) is 1.75. The Kier molecular flexibility index (Phi) is 2.58. The first kappa shape index (κ1) is 11.5. The maximum absolute atomic E-state index is 11.9. The summed E-state index contributed by atoms with van der Waals surface area (Å²) in [5.74, 6) is 1.13. The lowest BCUT2D eigenvalue weighted by molar-refractivity contribution is -0.602. The Morgan fingerprint density at radius 3 is 2.06 bits per heavy atom. The molecule has 2 rings (SSSR count). The standard InChI is InChI=1S/C13H15NO3/c1-7-5-11(6-8(2)12(7)15)13-14(16)9(3)10(4)17-13/h5-6,15H,1-4H3. The van der Waals surface area contributed by atoms with E-state index in [-0.39, 0.29) is 11.6 Å². The van der Waals surface area contributed by atoms with Crippen molar-refractivity contribution in [1.29, 1.82) is 0 Å². The number of nitrogens with zero attached hydrogens (tertiary/aromatic N) is 1. The maximum atomic E-state index is 11.9. The number of oxazole rings is 1. The molecule has 0 bridgehead atoms. The molecule has 1 N–H and O–H groups in total. The van der Waals surface area contributed by atoms with Crippen LogP contribution in [-0.4, -0.2) is 5.11 Å². The molecule has 17 heavy (non-hydrogen) atoms. The summed E-state index contributed by atoms with van der Waals surface area (Å²) in [5.41, 5.74) is 2.70. The number of hydrogen-bond donors (Lipinski definition) is 1. The number of hydrogen-bond acceptors (Lipinski definition) is 3. The zero-order valence-corrected chi connectivity index (χ0v) is 10.4. The highest BCUT2D eigenvalue weighted by molar-refractivity contribution is 5.58. The smallest absolute Gasteiger partial charge is 0.392 e. The van der Waals surface area contributed by atoms with Crippen molar-refractivity contribution in [2.24, 2.45) is 0 Å². The van der Waals surface area contributed by atoms with Gasteiger partial charge in [0.2, 0.25) is 5.69 Å². The summed E-state index contributed by atoms with van der Waals surface area (Å²) in [4.78, 5) is 0. The van der Waals surface area contributed by atoms with Crippen molar-refractivity contribution < 1.29 is 14.3 Å². The summed E-state index contributed by atoms with van der Waals surface area (Å²) in [7, 11) is 0. The molecule has 0 saturated heterocycles. The quantitative estimate of drug-likeness (QED) is 0.608. The molecule has 0 saturated carbocycles. The van der Waals surface area contributed by atoms with Crippen molar-refractivity contribution in [3.05, 3.63) is 39.9 Å². The van der Waals surface area contributed by atoms with Gasteiger partial charge in [-0.2, -0.15) is 0 Å². The molecule has 0 amide bonds. The fraction of sp³-hybridized carbons (Fsp3) is 0.308. The second kappa shape index (κ2) is 3.80. The molecular formula is C13H15NO3. The summed E-state index contributed by atoms with van der Waals surface area (Å²) in [6.07, 6.45) is 0. The molecule has 0 aliphatic rings. The Labute approximate surface area is 99.7 Å². The number of rotatable bonds is 1. The second-order valence-corrected chi connectivity index (χ2v) is 4.30. The highest BCUT2D eigenvalue weighted by atomic mass is 16.5. The van der Waals surface area contributed by atoms with Crippen LogP contribution in [0.1, 0.15) is 22.6 Å². The van der Waals surface area contributed by atoms with E-state index in [4.69, 9.17) is 4.42 Å². The third-order valence-corrected chi connectivity index (χ3v) is 2.99. The van der Waals surface area contributed by atoms with Gasteiger partial charge in [-0.1, -0.05) is 0 Å². The minimum Gasteiger partial charge on any atom is -0.616 e. The van der Waals surface area contributed by atoms with Crippen LogP contribution >= 0.6 is 0 Å². The van der Waals surface area contributed by atoms with Crippen molar-refractivity contribution >= 4 is 0 Å². The van der Waals surface area contributed by atoms with Crippen LogP contribution < -0.4 is 4.73 Å². The Hall–Kier alpha value is -1.97. The molecule has 1 heterocycles. The fourth-order valence-corrected chi connectivity index (χ4v) is 1.81. The molecule has 0 aliphatic carbocycles. The van der Waals surface area contributed by atoms with E-state index in [9.17, 15) is 10.3 Å². The van der Waals surface area contributed by atoms with Crippen molar-refractivity contribution in [1.82, 2.24) is 0 Å². The van der Waals surface area contributed by atoms with Gasteiger partial charge in [0.05, 0.1) is 5.56 Å². The average Bonchev–Trinajstić information content (AvgIpc) is 2.53. The van der Waals surface area contributed by atoms with Gasteiger partial charge in [0.15, 0.2) is 5.76 Å². The number of benzene rings is 1. The van der Waals surface area contributed by atoms with Crippen LogP contribution in [0.2, 0.25) is 0 Å². The Balaban J connectivity index is 2.65. The summed E-state index contributed by atoms with van der Waals surface area (Å²) in [6.45, 7) is 7.07. The van der Waals surface area contributed by atoms with Crippen molar-refractivity contribution in [3.8, 4) is 17.2 Å². The van der Waals surface area contributed by atoms with E-state index >= 15 is 0 Å². The van der Waals surface area contributed by atoms with Gasteiger partial charge >= 0.3 is 5.89 Å². The highest BCUT2D eigenvalue weighted by Crippen LogP contribution is 2.28. The number of aromatic hydroxyl groups is 1. The molecule has 1 aromatic carbocycles. The van der Waals surface area contributed by atoms with E-state index in [1.807, 2.05) is 0 Å². The maximum Gasteiger partial charge on any atom is 0.392 e. The molecule has 1 aromatic heterocycles. The van der Waals surface area contributed by atoms with Gasteiger partial charge < -0.3 is 14.7 Å². The number of aryl methyl sites for hydroxylation is 3. The van der Waals surface area contributed by atoms with Gasteiger partial charge in [-0.15, -0.1) is 4.73 Å². The normalized spacial score (nSPS) is 10.8. The molecule has 0 atom stereocenters. The first-order chi connectivity index (χ1) is 7.91. The molecule has 0 radical (unpaired) electrons. The Bertz CT molecular complexity index is 562. The fourth-order valence-electron chi connectivity index (χ4n) is 1.81. The zero-order valence-electron chi connectivity index (χ0n) is 10.4. The Morgan fingerprint density at radius 1 is 1.12 bits per heavy atom. The summed E-state index contributed by atoms with van der Waals surface area (Å²) in [5, 5.41) is 21.5. The molecule has 0 aliphatic heterocycles. The lowest BCUT2D eigenvalue weighted by atomic mass is 10.1. The lowest BCUT2D eigenvalue weighted by Gasteiger charge is -2.05. The van der Waals surface area contributed by atoms with Gasteiger partial charge in [0, 0.05) is 13.8 Å². The van der Waals surface area contributed by atoms with Crippen LogP contribution in [0.4, 0.5) is 0 Å². The number of phenols is 1. The highest BCUT2D eigenvalue weighted by Gasteiger charge is 2.21. The van der Waals surface area contributed by atoms with Crippen molar-refractivity contribution in [2.45, 2.75) is 27.7 Å². The topological polar surface area (TPSA) is 60.3 Å². The van der Waals surface area contributed by atoms with E-state index < -0.39 is 0 Å². The van der Waals surface area contributed by atoms with E-state index in [1.54, 1.807) is 39.8 Å². The number of aromatic nitrogens is 1. The molecule has 0 fully saturated rings. The summed E-state index contributed by atoms with van der Waals surface area (Å²) in [6, 6.07) is 3.49. The molecule has 2 aromatic rings. The molecular weight excluding hydrogens is 218 g/mol. The summed E-state index contributed by atoms with van der Waals surface area (Å²) < 4.78 is 6.23. The first-order valence-electron chi connectivity index (χ1n) is 5.42. The monoisotopic (exact) mass is 233 g/mol. The Morgan fingerprint density at radius 2 is 1.65 bits per heavy atom. The summed E-state index contributed by atoms with van der Waals surface area (Å²) >= 11 is 0. The van der Waals surface area contributed by atoms with Gasteiger partial charge in [0.25, 0.3) is 0 Å². The van der Waals surface area contributed by atoms with Crippen LogP contribution in [-0.2, 0) is 0 Å². The number of phenolic OH excluding ortho intramolecular Hbond substituents is 1. The van der Waals surface area contributed by atoms with Crippen LogP contribution in [0.5, 0.6) is 5.75 Å². The SMILES string of the molecule is Cc1cc(-c2oc(C)c(C)[n+]2[O-])cc(C)c1O. The molecule has 4 heteroatoms. The second-order valence-electron chi connectivity index (χ2n) is 4.30. The van der Waals surface area contributed by atoms with E-state index in [0.717, 1.165) is 15.9 Å². The van der Waals surface area contributed by atoms with Gasteiger partial charge in [-0.05, 0) is 37.1 Å². The first-order valence-corrected chi connectivity index (χ1v) is 5.42. The lowest BCUT2D eigenvalue weighted by Crippen LogP contribution is -2.29. The van der Waals surface area contributed by atoms with Crippen LogP contribution in [0.25, 0.3) is 11.5 Å². The molecule has 90 valence electrons. The van der Waals surface area contributed by atoms with Crippen LogP contribution in [0.3, 0.4) is 0 Å². The predicted octanol–water partition coefficient (Wildman–Crippen LogP) is 2.52. The third-order valence-electron chi connectivity index (χ3n) is 2.99. The van der Waals surface area contributed by atoms with Crippen LogP contribution in [0.15, 0.2) is 16.5 Å².